The van der Waals surface area contributed by atoms with Gasteiger partial charge in [-0.15, -0.1) is 11.3 Å². The largest absolute Gasteiger partial charge is 0.378 e. The Labute approximate surface area is 143 Å². The second-order valence-electron chi connectivity index (χ2n) is 5.24. The second-order valence-corrected chi connectivity index (χ2v) is 6.08. The number of thiazole rings is 1. The van der Waals surface area contributed by atoms with Gasteiger partial charge in [0, 0.05) is 18.5 Å². The number of nitrogens with one attached hydrogen (secondary N) is 1. The molecule has 1 aliphatic heterocycles. The van der Waals surface area contributed by atoms with Gasteiger partial charge < -0.3 is 9.64 Å². The summed E-state index contributed by atoms with van der Waals surface area (Å²) in [5, 5.41) is 6.66. The molecule has 0 unspecified atom stereocenters. The van der Waals surface area contributed by atoms with Crippen molar-refractivity contribution < 1.29 is 13.9 Å². The molecule has 6 nitrogen and oxygen atoms in total. The Bertz CT molecular complexity index is 711. The molecule has 1 fully saturated rings. The predicted molar refractivity (Wildman–Crippen MR) is 91.0 cm³/mol. The number of rotatable bonds is 5. The number of amides is 1. The molecule has 0 radical (unpaired) electrons. The first-order valence-electron chi connectivity index (χ1n) is 7.55. The number of nitrogens with zero attached hydrogens (tertiary/aromatic N) is 3. The summed E-state index contributed by atoms with van der Waals surface area (Å²) < 4.78 is 18.1. The Morgan fingerprint density at radius 2 is 2.12 bits per heavy atom. The van der Waals surface area contributed by atoms with E-state index in [1.807, 2.05) is 5.38 Å². The third-order valence-electron chi connectivity index (χ3n) is 3.44. The highest BCUT2D eigenvalue weighted by Crippen LogP contribution is 2.21. The predicted octanol–water partition coefficient (Wildman–Crippen LogP) is 1.81. The molecule has 0 atom stereocenters. The fourth-order valence-corrected chi connectivity index (χ4v) is 3.09. The van der Waals surface area contributed by atoms with E-state index in [4.69, 9.17) is 4.74 Å². The van der Waals surface area contributed by atoms with Crippen LogP contribution in [-0.4, -0.2) is 43.4 Å². The maximum Gasteiger partial charge on any atom is 0.246 e. The van der Waals surface area contributed by atoms with Gasteiger partial charge in [0.2, 0.25) is 5.91 Å². The number of hydrogen-bond acceptors (Lipinski definition) is 6. The molecule has 24 heavy (non-hydrogen) atoms. The molecule has 1 aromatic carbocycles. The summed E-state index contributed by atoms with van der Waals surface area (Å²) in [6, 6.07) is 5.84. The molecule has 1 amide bonds. The lowest BCUT2D eigenvalue weighted by Crippen LogP contribution is -2.36. The molecule has 0 aliphatic carbocycles. The van der Waals surface area contributed by atoms with Gasteiger partial charge in [0.15, 0.2) is 5.13 Å². The van der Waals surface area contributed by atoms with Gasteiger partial charge >= 0.3 is 0 Å². The van der Waals surface area contributed by atoms with E-state index in [-0.39, 0.29) is 18.1 Å². The summed E-state index contributed by atoms with van der Waals surface area (Å²) in [6.45, 7) is 3.04. The summed E-state index contributed by atoms with van der Waals surface area (Å²) in [7, 11) is 0. The lowest BCUT2D eigenvalue weighted by Gasteiger charge is -2.26. The maximum atomic E-state index is 12.8. The van der Waals surface area contributed by atoms with Gasteiger partial charge in [-0.25, -0.2) is 14.8 Å². The molecule has 0 bridgehead atoms. The molecule has 126 valence electrons. The number of aromatic nitrogens is 1. The minimum absolute atomic E-state index is 0.168. The SMILES string of the molecule is O=C(Cc1csc(N2CCOCC2)n1)N/N=C\c1ccc(F)cc1. The Morgan fingerprint density at radius 3 is 2.88 bits per heavy atom. The maximum absolute atomic E-state index is 12.8. The highest BCUT2D eigenvalue weighted by Gasteiger charge is 2.15. The molecule has 1 aromatic heterocycles. The Hall–Kier alpha value is -2.32. The zero-order chi connectivity index (χ0) is 16.8. The van der Waals surface area contributed by atoms with Crippen LogP contribution in [0, 0.1) is 5.82 Å². The number of anilines is 1. The molecular formula is C16H17FN4O2S. The van der Waals surface area contributed by atoms with E-state index < -0.39 is 0 Å². The van der Waals surface area contributed by atoms with Crippen LogP contribution in [0.25, 0.3) is 0 Å². The molecule has 2 heterocycles. The fourth-order valence-electron chi connectivity index (χ4n) is 2.21. The fraction of sp³-hybridized carbons (Fsp3) is 0.312. The van der Waals surface area contributed by atoms with E-state index in [1.54, 1.807) is 12.1 Å². The normalized spacial score (nSPS) is 15.0. The molecule has 2 aromatic rings. The Kier molecular flexibility index (Phi) is 5.50. The van der Waals surface area contributed by atoms with Crippen molar-refractivity contribution in [3.05, 3.63) is 46.7 Å². The monoisotopic (exact) mass is 348 g/mol. The van der Waals surface area contributed by atoms with Gasteiger partial charge in [-0.05, 0) is 17.7 Å². The van der Waals surface area contributed by atoms with Crippen molar-refractivity contribution in [2.24, 2.45) is 5.10 Å². The van der Waals surface area contributed by atoms with E-state index in [0.29, 0.717) is 18.8 Å². The third kappa shape index (κ3) is 4.59. The molecular weight excluding hydrogens is 331 g/mol. The summed E-state index contributed by atoms with van der Waals surface area (Å²) in [4.78, 5) is 18.5. The summed E-state index contributed by atoms with van der Waals surface area (Å²) >= 11 is 1.53. The Morgan fingerprint density at radius 1 is 1.38 bits per heavy atom. The van der Waals surface area contributed by atoms with Crippen LogP contribution in [-0.2, 0) is 16.0 Å². The van der Waals surface area contributed by atoms with Gasteiger partial charge in [-0.3, -0.25) is 4.79 Å². The lowest BCUT2D eigenvalue weighted by molar-refractivity contribution is -0.120. The highest BCUT2D eigenvalue weighted by molar-refractivity contribution is 7.13. The number of hydrogen-bond donors (Lipinski definition) is 1. The van der Waals surface area contributed by atoms with Crippen LogP contribution in [0.3, 0.4) is 0 Å². The first-order chi connectivity index (χ1) is 11.7. The summed E-state index contributed by atoms with van der Waals surface area (Å²) in [5.74, 6) is -0.553. The first-order valence-corrected chi connectivity index (χ1v) is 8.43. The van der Waals surface area contributed by atoms with Crippen LogP contribution in [0.1, 0.15) is 11.3 Å². The van der Waals surface area contributed by atoms with Crippen molar-refractivity contribution in [1.82, 2.24) is 10.4 Å². The van der Waals surface area contributed by atoms with Gasteiger partial charge in [-0.1, -0.05) is 12.1 Å². The van der Waals surface area contributed by atoms with Gasteiger partial charge in [-0.2, -0.15) is 5.10 Å². The quantitative estimate of drug-likeness (QED) is 0.661. The molecule has 8 heteroatoms. The van der Waals surface area contributed by atoms with Crippen LogP contribution >= 0.6 is 11.3 Å². The molecule has 3 rings (SSSR count). The number of carbonyl (C=O) groups is 1. The third-order valence-corrected chi connectivity index (χ3v) is 4.39. The van der Waals surface area contributed by atoms with E-state index in [0.717, 1.165) is 23.9 Å². The molecule has 0 saturated carbocycles. The van der Waals surface area contributed by atoms with Crippen LogP contribution in [0.5, 0.6) is 0 Å². The smallest absolute Gasteiger partial charge is 0.246 e. The molecule has 1 saturated heterocycles. The molecule has 0 spiro atoms. The van der Waals surface area contributed by atoms with Crippen molar-refractivity contribution >= 4 is 28.6 Å². The average molecular weight is 348 g/mol. The van der Waals surface area contributed by atoms with Crippen molar-refractivity contribution in [3.8, 4) is 0 Å². The van der Waals surface area contributed by atoms with E-state index >= 15 is 0 Å². The number of halogens is 1. The van der Waals surface area contributed by atoms with Crippen LogP contribution in [0.2, 0.25) is 0 Å². The number of benzene rings is 1. The van der Waals surface area contributed by atoms with Gasteiger partial charge in [0.1, 0.15) is 5.82 Å². The topological polar surface area (TPSA) is 66.8 Å². The summed E-state index contributed by atoms with van der Waals surface area (Å²) in [5.41, 5.74) is 3.88. The zero-order valence-electron chi connectivity index (χ0n) is 12.9. The second kappa shape index (κ2) is 7.98. The molecule has 1 N–H and O–H groups in total. The van der Waals surface area contributed by atoms with E-state index in [1.165, 1.54) is 29.7 Å². The molecule has 1 aliphatic rings. The average Bonchev–Trinajstić information content (AvgIpc) is 3.06. The van der Waals surface area contributed by atoms with Crippen molar-refractivity contribution in [2.75, 3.05) is 31.2 Å². The lowest BCUT2D eigenvalue weighted by atomic mass is 10.2. The van der Waals surface area contributed by atoms with Crippen LogP contribution in [0.15, 0.2) is 34.7 Å². The number of ether oxygens (including phenoxy) is 1. The zero-order valence-corrected chi connectivity index (χ0v) is 13.8. The van der Waals surface area contributed by atoms with Crippen molar-refractivity contribution in [3.63, 3.8) is 0 Å². The van der Waals surface area contributed by atoms with Crippen molar-refractivity contribution in [2.45, 2.75) is 6.42 Å². The first kappa shape index (κ1) is 16.5. The summed E-state index contributed by atoms with van der Waals surface area (Å²) in [6.07, 6.45) is 1.64. The Balaban J connectivity index is 1.49. The minimum Gasteiger partial charge on any atom is -0.378 e. The van der Waals surface area contributed by atoms with Gasteiger partial charge in [0.05, 0.1) is 31.5 Å². The number of morpholine rings is 1. The van der Waals surface area contributed by atoms with Crippen LogP contribution in [0.4, 0.5) is 9.52 Å². The number of carbonyl (C=O) groups excluding carboxylic acids is 1. The minimum atomic E-state index is -0.309. The van der Waals surface area contributed by atoms with Crippen molar-refractivity contribution in [1.29, 1.82) is 0 Å². The van der Waals surface area contributed by atoms with E-state index in [2.05, 4.69) is 20.4 Å². The highest BCUT2D eigenvalue weighted by atomic mass is 32.1. The number of hydrazone groups is 1. The van der Waals surface area contributed by atoms with E-state index in [9.17, 15) is 9.18 Å². The standard InChI is InChI=1S/C16H17FN4O2S/c17-13-3-1-12(2-4-13)10-18-20-15(22)9-14-11-24-16(19-14)21-5-7-23-8-6-21/h1-4,10-11H,5-9H2,(H,20,22)/b18-10-. The van der Waals surface area contributed by atoms with Crippen LogP contribution < -0.4 is 10.3 Å². The van der Waals surface area contributed by atoms with Gasteiger partial charge in [0.25, 0.3) is 0 Å².